The molecule has 2 rings (SSSR count). The average molecular weight is 219 g/mol. The number of hydrazine groups is 1. The third kappa shape index (κ3) is 1.96. The summed E-state index contributed by atoms with van der Waals surface area (Å²) in [6.07, 6.45) is 5.13. The molecule has 0 amide bonds. The first-order chi connectivity index (χ1) is 7.70. The molecule has 2 aromatic rings. The van der Waals surface area contributed by atoms with Gasteiger partial charge in [-0.2, -0.15) is 0 Å². The van der Waals surface area contributed by atoms with E-state index >= 15 is 0 Å². The molecule has 0 unspecified atom stereocenters. The number of nitrogens with one attached hydrogen (secondary N) is 1. The lowest BCUT2D eigenvalue weighted by Crippen LogP contribution is -2.22. The van der Waals surface area contributed by atoms with Gasteiger partial charge in [-0.25, -0.2) is 15.6 Å². The van der Waals surface area contributed by atoms with Gasteiger partial charge < -0.3 is 9.99 Å². The minimum atomic E-state index is -0.0425. The highest BCUT2D eigenvalue weighted by molar-refractivity contribution is 5.35. The van der Waals surface area contributed by atoms with Crippen molar-refractivity contribution >= 4 is 5.82 Å². The van der Waals surface area contributed by atoms with Crippen molar-refractivity contribution in [1.82, 2.24) is 14.1 Å². The molecule has 0 atom stereocenters. The van der Waals surface area contributed by atoms with Crippen LogP contribution in [0.3, 0.4) is 0 Å². The molecule has 6 nitrogen and oxygen atoms in total. The Morgan fingerprint density at radius 3 is 2.94 bits per heavy atom. The predicted octanol–water partition coefficient (Wildman–Crippen LogP) is -0.0843. The van der Waals surface area contributed by atoms with Gasteiger partial charge in [0.15, 0.2) is 0 Å². The van der Waals surface area contributed by atoms with Crippen LogP contribution in [0.25, 0.3) is 0 Å². The highest BCUT2D eigenvalue weighted by atomic mass is 16.1. The van der Waals surface area contributed by atoms with Crippen molar-refractivity contribution in [1.29, 1.82) is 0 Å². The van der Waals surface area contributed by atoms with E-state index in [1.807, 2.05) is 6.07 Å². The molecule has 0 fully saturated rings. The van der Waals surface area contributed by atoms with E-state index in [0.29, 0.717) is 12.4 Å². The van der Waals surface area contributed by atoms with E-state index in [-0.39, 0.29) is 5.69 Å². The van der Waals surface area contributed by atoms with E-state index < -0.39 is 0 Å². The SMILES string of the molecule is Cn1ccn(Cc2ccnc(NN)c2)c1=O. The van der Waals surface area contributed by atoms with E-state index in [0.717, 1.165) is 5.56 Å². The van der Waals surface area contributed by atoms with Crippen molar-refractivity contribution in [3.05, 3.63) is 46.8 Å². The molecule has 0 saturated heterocycles. The molecule has 16 heavy (non-hydrogen) atoms. The Bertz CT molecular complexity index is 542. The average Bonchev–Trinajstić information content (AvgIpc) is 2.61. The lowest BCUT2D eigenvalue weighted by molar-refractivity contribution is 0.717. The van der Waals surface area contributed by atoms with Crippen molar-refractivity contribution in [2.45, 2.75) is 6.54 Å². The number of pyridine rings is 1. The number of imidazole rings is 1. The summed E-state index contributed by atoms with van der Waals surface area (Å²) in [5.41, 5.74) is 3.40. The first-order valence-corrected chi connectivity index (χ1v) is 4.84. The summed E-state index contributed by atoms with van der Waals surface area (Å²) in [4.78, 5) is 15.6. The smallest absolute Gasteiger partial charge is 0.308 e. The van der Waals surface area contributed by atoms with Crippen molar-refractivity contribution in [3.63, 3.8) is 0 Å². The predicted molar refractivity (Wildman–Crippen MR) is 60.8 cm³/mol. The monoisotopic (exact) mass is 219 g/mol. The van der Waals surface area contributed by atoms with Crippen LogP contribution in [0.15, 0.2) is 35.5 Å². The third-order valence-corrected chi connectivity index (χ3v) is 2.34. The van der Waals surface area contributed by atoms with Gasteiger partial charge in [0.05, 0.1) is 6.54 Å². The van der Waals surface area contributed by atoms with Gasteiger partial charge in [0, 0.05) is 25.6 Å². The van der Waals surface area contributed by atoms with E-state index in [4.69, 9.17) is 5.84 Å². The van der Waals surface area contributed by atoms with Crippen LogP contribution in [0.1, 0.15) is 5.56 Å². The number of nitrogen functional groups attached to an aromatic ring is 1. The standard InChI is InChI=1S/C10H13N5O/c1-14-4-5-15(10(14)16)7-8-2-3-12-9(6-8)13-11/h2-6H,7,11H2,1H3,(H,12,13). The Balaban J connectivity index is 2.27. The number of nitrogens with zero attached hydrogens (tertiary/aromatic N) is 3. The molecule has 0 radical (unpaired) electrons. The lowest BCUT2D eigenvalue weighted by atomic mass is 10.2. The Kier molecular flexibility index (Phi) is 2.74. The van der Waals surface area contributed by atoms with E-state index in [1.54, 1.807) is 36.3 Å². The van der Waals surface area contributed by atoms with Crippen LogP contribution in [-0.4, -0.2) is 14.1 Å². The molecule has 0 spiro atoms. The van der Waals surface area contributed by atoms with Crippen molar-refractivity contribution < 1.29 is 0 Å². The van der Waals surface area contributed by atoms with Gasteiger partial charge in [0.2, 0.25) is 0 Å². The van der Waals surface area contributed by atoms with Crippen LogP contribution in [0.2, 0.25) is 0 Å². The maximum Gasteiger partial charge on any atom is 0.328 e. The Morgan fingerprint density at radius 2 is 2.31 bits per heavy atom. The summed E-state index contributed by atoms with van der Waals surface area (Å²) in [5, 5.41) is 0. The summed E-state index contributed by atoms with van der Waals surface area (Å²) in [5.74, 6) is 5.85. The number of hydrogen-bond acceptors (Lipinski definition) is 4. The molecule has 6 heteroatoms. The third-order valence-electron chi connectivity index (χ3n) is 2.34. The summed E-state index contributed by atoms with van der Waals surface area (Å²) in [6.45, 7) is 0.511. The normalized spacial score (nSPS) is 10.4. The fourth-order valence-corrected chi connectivity index (χ4v) is 1.48. The number of hydrogen-bond donors (Lipinski definition) is 2. The number of aromatic nitrogens is 3. The van der Waals surface area contributed by atoms with E-state index in [2.05, 4.69) is 10.4 Å². The highest BCUT2D eigenvalue weighted by Crippen LogP contribution is 2.06. The second-order valence-electron chi connectivity index (χ2n) is 3.51. The molecule has 2 aromatic heterocycles. The topological polar surface area (TPSA) is 77.9 Å². The van der Waals surface area contributed by atoms with Gasteiger partial charge >= 0.3 is 5.69 Å². The number of nitrogens with two attached hydrogens (primary N) is 1. The Hall–Kier alpha value is -2.08. The molecule has 0 aliphatic rings. The quantitative estimate of drug-likeness (QED) is 0.559. The van der Waals surface area contributed by atoms with Gasteiger partial charge in [-0.3, -0.25) is 4.57 Å². The largest absolute Gasteiger partial charge is 0.328 e. The molecule has 0 aliphatic carbocycles. The van der Waals surface area contributed by atoms with Crippen molar-refractivity contribution in [3.8, 4) is 0 Å². The zero-order chi connectivity index (χ0) is 11.5. The summed E-state index contributed by atoms with van der Waals surface area (Å²) in [7, 11) is 1.72. The molecule has 0 aromatic carbocycles. The van der Waals surface area contributed by atoms with Gasteiger partial charge in [0.25, 0.3) is 0 Å². The molecule has 0 aliphatic heterocycles. The fourth-order valence-electron chi connectivity index (χ4n) is 1.48. The first-order valence-electron chi connectivity index (χ1n) is 4.84. The maximum atomic E-state index is 11.6. The van der Waals surface area contributed by atoms with Crippen LogP contribution in [0, 0.1) is 0 Å². The molecular formula is C10H13N5O. The number of rotatable bonds is 3. The second-order valence-corrected chi connectivity index (χ2v) is 3.51. The molecule has 3 N–H and O–H groups in total. The summed E-state index contributed by atoms with van der Waals surface area (Å²) >= 11 is 0. The minimum Gasteiger partial charge on any atom is -0.308 e. The van der Waals surface area contributed by atoms with Crippen LogP contribution in [0.5, 0.6) is 0 Å². The highest BCUT2D eigenvalue weighted by Gasteiger charge is 2.01. The molecular weight excluding hydrogens is 206 g/mol. The summed E-state index contributed by atoms with van der Waals surface area (Å²) in [6, 6.07) is 3.65. The molecule has 84 valence electrons. The Labute approximate surface area is 92.3 Å². The van der Waals surface area contributed by atoms with Crippen molar-refractivity contribution in [2.75, 3.05) is 5.43 Å². The zero-order valence-corrected chi connectivity index (χ0v) is 8.92. The van der Waals surface area contributed by atoms with E-state index in [1.165, 1.54) is 4.57 Å². The fraction of sp³-hybridized carbons (Fsp3) is 0.200. The van der Waals surface area contributed by atoms with Crippen LogP contribution in [-0.2, 0) is 13.6 Å². The van der Waals surface area contributed by atoms with Crippen LogP contribution < -0.4 is 17.0 Å². The molecule has 0 saturated carbocycles. The van der Waals surface area contributed by atoms with Gasteiger partial charge in [0.1, 0.15) is 5.82 Å². The lowest BCUT2D eigenvalue weighted by Gasteiger charge is -2.04. The Morgan fingerprint density at radius 1 is 1.50 bits per heavy atom. The second kappa shape index (κ2) is 4.19. The van der Waals surface area contributed by atoms with Gasteiger partial charge in [-0.1, -0.05) is 0 Å². The van der Waals surface area contributed by atoms with Crippen LogP contribution in [0.4, 0.5) is 5.82 Å². The van der Waals surface area contributed by atoms with E-state index in [9.17, 15) is 4.79 Å². The minimum absolute atomic E-state index is 0.0425. The van der Waals surface area contributed by atoms with Gasteiger partial charge in [-0.05, 0) is 17.7 Å². The summed E-state index contributed by atoms with van der Waals surface area (Å²) < 4.78 is 3.15. The zero-order valence-electron chi connectivity index (χ0n) is 8.92. The van der Waals surface area contributed by atoms with Crippen molar-refractivity contribution in [2.24, 2.45) is 12.9 Å². The molecule has 2 heterocycles. The van der Waals surface area contributed by atoms with Crippen LogP contribution >= 0.6 is 0 Å². The first kappa shape index (κ1) is 10.4. The number of aryl methyl sites for hydroxylation is 1. The van der Waals surface area contributed by atoms with Gasteiger partial charge in [-0.15, -0.1) is 0 Å². The number of anilines is 1. The molecule has 0 bridgehead atoms. The maximum absolute atomic E-state index is 11.6.